The maximum Gasteiger partial charge on any atom is -0.358 e. The van der Waals surface area contributed by atoms with Gasteiger partial charge in [-0.1, -0.05) is 84.9 Å². The average molecular weight is 717 g/mol. The fourth-order valence-electron chi connectivity index (χ4n) is 6.74. The summed E-state index contributed by atoms with van der Waals surface area (Å²) in [6.07, 6.45) is 12.7. The van der Waals surface area contributed by atoms with E-state index in [9.17, 15) is 0 Å². The van der Waals surface area contributed by atoms with Crippen LogP contribution in [0.1, 0.15) is 101 Å². The van der Waals surface area contributed by atoms with Gasteiger partial charge in [-0.15, -0.1) is 43.4 Å². The van der Waals surface area contributed by atoms with Crippen LogP contribution < -0.4 is 0 Å². The van der Waals surface area contributed by atoms with Crippen molar-refractivity contribution < 1.29 is 24.2 Å². The summed E-state index contributed by atoms with van der Waals surface area (Å²) in [5, 5.41) is 0. The minimum Gasteiger partial charge on any atom is -0.358 e. The van der Waals surface area contributed by atoms with Gasteiger partial charge in [0.05, 0.1) is 0 Å². The first-order valence-electron chi connectivity index (χ1n) is 15.0. The minimum atomic E-state index is 0. The van der Waals surface area contributed by atoms with Crippen LogP contribution in [-0.4, -0.2) is 4.21 Å². The first kappa shape index (κ1) is 41.0. The molecule has 45 heavy (non-hydrogen) atoms. The van der Waals surface area contributed by atoms with E-state index in [0.717, 1.165) is 6.42 Å². The molecule has 1 atom stereocenters. The van der Waals surface area contributed by atoms with Gasteiger partial charge in [0.1, 0.15) is 0 Å². The number of benzene rings is 3. The van der Waals surface area contributed by atoms with E-state index in [-0.39, 0.29) is 43.1 Å². The van der Waals surface area contributed by atoms with Gasteiger partial charge in [0, 0.05) is 5.41 Å². The molecule has 4 aliphatic carbocycles. The van der Waals surface area contributed by atoms with E-state index in [1.54, 1.807) is 0 Å². The van der Waals surface area contributed by atoms with Crippen LogP contribution in [0.25, 0.3) is 22.3 Å². The summed E-state index contributed by atoms with van der Waals surface area (Å²) in [5.41, 5.74) is 18.5. The molecule has 0 N–H and O–H groups in total. The molecular formula is C42H50Cl2Zr-4. The number of hydrogen-bond acceptors (Lipinski definition) is 0. The van der Waals surface area contributed by atoms with Crippen molar-refractivity contribution in [2.45, 2.75) is 86.5 Å². The molecule has 0 heterocycles. The van der Waals surface area contributed by atoms with Crippen molar-refractivity contribution in [3.05, 3.63) is 136 Å². The van der Waals surface area contributed by atoms with E-state index >= 15 is 0 Å². The maximum atomic E-state index is 3.65. The number of halogens is 2. The van der Waals surface area contributed by atoms with Crippen LogP contribution in [0.5, 0.6) is 0 Å². The Morgan fingerprint density at radius 1 is 0.733 bits per heavy atom. The quantitative estimate of drug-likeness (QED) is 0.159. The molecule has 0 fully saturated rings. The third-order valence-electron chi connectivity index (χ3n) is 8.85. The number of hydrogen-bond donors (Lipinski definition) is 0. The Balaban J connectivity index is 0.000000422. The van der Waals surface area contributed by atoms with Crippen molar-refractivity contribution in [2.75, 3.05) is 0 Å². The van der Waals surface area contributed by atoms with Crippen molar-refractivity contribution in [2.24, 2.45) is 5.92 Å². The van der Waals surface area contributed by atoms with Crippen molar-refractivity contribution in [1.82, 2.24) is 0 Å². The molecule has 1 unspecified atom stereocenters. The summed E-state index contributed by atoms with van der Waals surface area (Å²) in [7, 11) is 0. The smallest absolute Gasteiger partial charge is 0.358 e. The van der Waals surface area contributed by atoms with E-state index in [4.69, 9.17) is 0 Å². The van der Waals surface area contributed by atoms with Gasteiger partial charge in [0.15, 0.2) is 0 Å². The van der Waals surface area contributed by atoms with Crippen molar-refractivity contribution >= 4 is 40.2 Å². The van der Waals surface area contributed by atoms with Gasteiger partial charge >= 0.3 is 28.4 Å². The van der Waals surface area contributed by atoms with Gasteiger partial charge in [0.25, 0.3) is 0 Å². The molecule has 3 aromatic rings. The molecule has 0 aliphatic heterocycles. The standard InChI is InChI=1S/C25H25.C8H11.C7H7.CH3.CH2.2ClH.Zr/c1-14-12-24(3,4)22-8-16-7-17-9-23-19(15(2)13-25(23,5)6)11-21(17)20(16)10-18(14)22;1-6-4-7(2)8(3)5-6;1-7-5-3-2-4-6-7;;;;;/h8-12H,7H2,1-6H3;4,6H,1-3H3;3-6H,1H3;1H3;1H2;2*1H;/q4*-1;;;;. The first-order chi connectivity index (χ1) is 19.8. The van der Waals surface area contributed by atoms with Crippen molar-refractivity contribution in [3.8, 4) is 11.1 Å². The SMILES string of the molecule is CC1=[C-]C(C)(C)c2cc3c(cc21)-c1cc2c(cc1C3)C(C)(C)C=C2C.CC1=[C-]C(C)C=C1C.Cc1cc[c-]cc1.Cl.Cl.[CH2]=[Zr].[CH3-]. The number of allylic oxidation sites excluding steroid dienone is 8. The number of aryl methyl sites for hydroxylation is 1. The zero-order chi connectivity index (χ0) is 31.0. The van der Waals surface area contributed by atoms with Gasteiger partial charge < -0.3 is 7.43 Å². The number of rotatable bonds is 0. The zero-order valence-electron chi connectivity index (χ0n) is 29.1. The molecule has 3 aromatic carbocycles. The third kappa shape index (κ3) is 8.66. The average Bonchev–Trinajstić information content (AvgIpc) is 3.58. The van der Waals surface area contributed by atoms with E-state index in [1.165, 1.54) is 96.6 Å². The summed E-state index contributed by atoms with van der Waals surface area (Å²) >= 11 is 1.30. The van der Waals surface area contributed by atoms with Crippen LogP contribution in [0.4, 0.5) is 0 Å². The molecule has 0 aromatic heterocycles. The van der Waals surface area contributed by atoms with Gasteiger partial charge in [-0.25, -0.2) is 16.7 Å². The van der Waals surface area contributed by atoms with E-state index in [2.05, 4.69) is 128 Å². The summed E-state index contributed by atoms with van der Waals surface area (Å²) in [6, 6.07) is 20.6. The summed E-state index contributed by atoms with van der Waals surface area (Å²) in [4.78, 5) is 0. The van der Waals surface area contributed by atoms with Crippen LogP contribution in [0.2, 0.25) is 0 Å². The van der Waals surface area contributed by atoms with E-state index < -0.39 is 0 Å². The second kappa shape index (κ2) is 16.2. The van der Waals surface area contributed by atoms with E-state index in [1.807, 2.05) is 24.3 Å². The number of fused-ring (bicyclic) bond motifs is 5. The van der Waals surface area contributed by atoms with Crippen LogP contribution in [0, 0.1) is 38.5 Å². The van der Waals surface area contributed by atoms with Crippen LogP contribution >= 0.6 is 24.8 Å². The van der Waals surface area contributed by atoms with Gasteiger partial charge in [-0.2, -0.15) is 47.5 Å². The Labute approximate surface area is 302 Å². The molecule has 0 saturated carbocycles. The molecule has 4 aliphatic rings. The molecule has 240 valence electrons. The van der Waals surface area contributed by atoms with Crippen LogP contribution in [0.15, 0.2) is 71.8 Å². The maximum absolute atomic E-state index is 3.65. The topological polar surface area (TPSA) is 0 Å². The second-order valence-electron chi connectivity index (χ2n) is 13.2. The van der Waals surface area contributed by atoms with Crippen molar-refractivity contribution in [1.29, 1.82) is 0 Å². The third-order valence-corrected chi connectivity index (χ3v) is 8.85. The second-order valence-corrected chi connectivity index (χ2v) is 13.2. The monoisotopic (exact) mass is 714 g/mol. The Bertz CT molecular complexity index is 1530. The largest absolute Gasteiger partial charge is 0.358 e. The molecule has 0 radical (unpaired) electrons. The minimum absolute atomic E-state index is 0. The molecule has 0 saturated heterocycles. The van der Waals surface area contributed by atoms with Crippen molar-refractivity contribution in [3.63, 3.8) is 0 Å². The Hall–Kier alpha value is -2.05. The van der Waals surface area contributed by atoms with Gasteiger partial charge in [0.2, 0.25) is 0 Å². The van der Waals surface area contributed by atoms with Gasteiger partial charge in [-0.3, -0.25) is 12.2 Å². The molecule has 3 heteroatoms. The fraction of sp³-hybridized carbons (Fsp3) is 0.333. The van der Waals surface area contributed by atoms with Crippen LogP contribution in [0.3, 0.4) is 0 Å². The predicted octanol–water partition coefficient (Wildman–Crippen LogP) is 11.8. The Morgan fingerprint density at radius 3 is 1.71 bits per heavy atom. The molecule has 0 amide bonds. The molecule has 0 nitrogen and oxygen atoms in total. The molecular weight excluding hydrogens is 667 g/mol. The van der Waals surface area contributed by atoms with Gasteiger partial charge in [-0.05, 0) is 58.4 Å². The fourth-order valence-corrected chi connectivity index (χ4v) is 6.74. The normalized spacial score (nSPS) is 17.8. The summed E-state index contributed by atoms with van der Waals surface area (Å²) < 4.78 is 3.34. The first-order valence-corrected chi connectivity index (χ1v) is 16.7. The molecule has 7 rings (SSSR count). The molecule has 0 bridgehead atoms. The summed E-state index contributed by atoms with van der Waals surface area (Å²) in [6.45, 7) is 22.1. The predicted molar refractivity (Wildman–Crippen MR) is 200 cm³/mol. The zero-order valence-corrected chi connectivity index (χ0v) is 33.2. The van der Waals surface area contributed by atoms with Crippen LogP contribution in [-0.2, 0) is 41.5 Å². The summed E-state index contributed by atoms with van der Waals surface area (Å²) in [5.74, 6) is 0.551. The molecule has 0 spiro atoms. The Morgan fingerprint density at radius 2 is 1.27 bits per heavy atom. The Kier molecular flexibility index (Phi) is 14.7. The van der Waals surface area contributed by atoms with E-state index in [0.29, 0.717) is 5.92 Å².